The number of carbonyl (C=O) groups is 2. The van der Waals surface area contributed by atoms with E-state index in [0.717, 1.165) is 31.4 Å². The number of ether oxygens (including phenoxy) is 2. The van der Waals surface area contributed by atoms with E-state index in [-0.39, 0.29) is 17.9 Å². The average molecular weight is 362 g/mol. The van der Waals surface area contributed by atoms with Crippen molar-refractivity contribution in [2.75, 3.05) is 27.8 Å². The third-order valence-corrected chi connectivity index (χ3v) is 5.24. The van der Waals surface area contributed by atoms with Gasteiger partial charge in [-0.1, -0.05) is 25.5 Å². The Balaban J connectivity index is 1.90. The molecule has 1 atom stereocenters. The van der Waals surface area contributed by atoms with E-state index < -0.39 is 6.09 Å². The molecule has 2 amide bonds. The average Bonchev–Trinajstić information content (AvgIpc) is 2.63. The molecule has 0 aliphatic heterocycles. The van der Waals surface area contributed by atoms with Gasteiger partial charge in [-0.3, -0.25) is 4.79 Å². The van der Waals surface area contributed by atoms with Crippen LogP contribution in [0.1, 0.15) is 44.1 Å². The van der Waals surface area contributed by atoms with E-state index in [1.807, 2.05) is 31.0 Å². The smallest absolute Gasteiger partial charge is 0.406 e. The first-order valence-corrected chi connectivity index (χ1v) is 9.22. The van der Waals surface area contributed by atoms with Crippen molar-refractivity contribution >= 4 is 12.0 Å². The van der Waals surface area contributed by atoms with E-state index in [9.17, 15) is 9.59 Å². The molecule has 2 rings (SSSR count). The molecule has 1 N–H and O–H groups in total. The molecule has 1 aromatic carbocycles. The van der Waals surface area contributed by atoms with Crippen LogP contribution in [0, 0.1) is 5.92 Å². The van der Waals surface area contributed by atoms with Gasteiger partial charge in [-0.2, -0.15) is 0 Å². The molecule has 0 saturated heterocycles. The molecule has 1 aromatic rings. The molecule has 26 heavy (non-hydrogen) atoms. The van der Waals surface area contributed by atoms with Gasteiger partial charge in [0.25, 0.3) is 0 Å². The molecule has 0 unspecified atom stereocenters. The Morgan fingerprint density at radius 2 is 2.04 bits per heavy atom. The lowest BCUT2D eigenvalue weighted by atomic mass is 9.75. The van der Waals surface area contributed by atoms with Crippen LogP contribution in [0.2, 0.25) is 0 Å². The van der Waals surface area contributed by atoms with Crippen molar-refractivity contribution in [1.82, 2.24) is 10.2 Å². The van der Waals surface area contributed by atoms with Crippen LogP contribution in [0.3, 0.4) is 0 Å². The molecule has 6 heteroatoms. The summed E-state index contributed by atoms with van der Waals surface area (Å²) >= 11 is 0. The molecule has 1 aliphatic rings. The number of nitrogens with one attached hydrogen (secondary N) is 1. The molecular formula is C20H30N2O4. The highest BCUT2D eigenvalue weighted by Crippen LogP contribution is 2.40. The maximum absolute atomic E-state index is 12.8. The molecule has 6 nitrogen and oxygen atoms in total. The second-order valence-electron chi connectivity index (χ2n) is 6.91. The second kappa shape index (κ2) is 9.46. The van der Waals surface area contributed by atoms with E-state index in [1.165, 1.54) is 12.7 Å². The summed E-state index contributed by atoms with van der Waals surface area (Å²) in [5, 5.41) is 2.65. The summed E-state index contributed by atoms with van der Waals surface area (Å²) in [6.45, 7) is 2.36. The van der Waals surface area contributed by atoms with Gasteiger partial charge in [-0.05, 0) is 42.9 Å². The van der Waals surface area contributed by atoms with Crippen LogP contribution in [0.25, 0.3) is 0 Å². The predicted molar refractivity (Wildman–Crippen MR) is 100 cm³/mol. The first kappa shape index (κ1) is 20.1. The van der Waals surface area contributed by atoms with E-state index in [4.69, 9.17) is 4.74 Å². The fourth-order valence-electron chi connectivity index (χ4n) is 3.48. The fourth-order valence-corrected chi connectivity index (χ4v) is 3.48. The molecule has 0 aromatic heterocycles. The minimum Gasteiger partial charge on any atom is -0.497 e. The molecular weight excluding hydrogens is 332 g/mol. The lowest BCUT2D eigenvalue weighted by molar-refractivity contribution is -0.138. The van der Waals surface area contributed by atoms with Gasteiger partial charge < -0.3 is 19.7 Å². The van der Waals surface area contributed by atoms with Gasteiger partial charge in [0.1, 0.15) is 5.75 Å². The summed E-state index contributed by atoms with van der Waals surface area (Å²) in [4.78, 5) is 26.0. The number of hydrogen-bond acceptors (Lipinski definition) is 4. The number of nitrogens with zero attached hydrogens (tertiary/aromatic N) is 1. The van der Waals surface area contributed by atoms with E-state index in [2.05, 4.69) is 22.2 Å². The monoisotopic (exact) mass is 362 g/mol. The molecule has 0 spiro atoms. The maximum atomic E-state index is 12.8. The fraction of sp³-hybridized carbons (Fsp3) is 0.600. The first-order chi connectivity index (χ1) is 12.5. The summed E-state index contributed by atoms with van der Waals surface area (Å²) in [6.07, 6.45) is 3.06. The van der Waals surface area contributed by atoms with Crippen molar-refractivity contribution in [3.05, 3.63) is 29.8 Å². The van der Waals surface area contributed by atoms with Crippen LogP contribution in [0.4, 0.5) is 4.79 Å². The predicted octanol–water partition coefficient (Wildman–Crippen LogP) is 3.17. The zero-order chi connectivity index (χ0) is 19.1. The van der Waals surface area contributed by atoms with Crippen molar-refractivity contribution < 1.29 is 19.1 Å². The first-order valence-electron chi connectivity index (χ1n) is 9.22. The maximum Gasteiger partial charge on any atom is 0.406 e. The van der Waals surface area contributed by atoms with E-state index >= 15 is 0 Å². The Morgan fingerprint density at radius 3 is 2.65 bits per heavy atom. The number of amides is 2. The van der Waals surface area contributed by atoms with Gasteiger partial charge in [-0.25, -0.2) is 4.79 Å². The van der Waals surface area contributed by atoms with Crippen molar-refractivity contribution in [3.63, 3.8) is 0 Å². The standard InChI is InChI=1S/C20H30N2O4/c1-5-7-15(13-21-20(24)26-4)19(23)22(2)17-10-16(11-17)14-8-6-9-18(12-14)25-3/h6,8-9,12,15-17H,5,7,10-11,13H2,1-4H3,(H,21,24)/t15-,16?,17?/m1/s1. The number of alkyl carbamates (subject to hydrolysis) is 1. The molecule has 1 saturated carbocycles. The highest BCUT2D eigenvalue weighted by Gasteiger charge is 2.36. The summed E-state index contributed by atoms with van der Waals surface area (Å²) in [5.74, 6) is 1.22. The lowest BCUT2D eigenvalue weighted by Crippen LogP contribution is -2.48. The highest BCUT2D eigenvalue weighted by molar-refractivity contribution is 5.80. The van der Waals surface area contributed by atoms with Gasteiger partial charge in [-0.15, -0.1) is 0 Å². The number of carbonyl (C=O) groups excluding carboxylic acids is 2. The van der Waals surface area contributed by atoms with Crippen molar-refractivity contribution in [1.29, 1.82) is 0 Å². The van der Waals surface area contributed by atoms with Crippen LogP contribution in [0.15, 0.2) is 24.3 Å². The topological polar surface area (TPSA) is 67.9 Å². The number of rotatable bonds is 8. The van der Waals surface area contributed by atoms with Gasteiger partial charge >= 0.3 is 6.09 Å². The van der Waals surface area contributed by atoms with Crippen LogP contribution in [-0.4, -0.2) is 50.8 Å². The zero-order valence-corrected chi connectivity index (χ0v) is 16.2. The summed E-state index contributed by atoms with van der Waals surface area (Å²) < 4.78 is 9.89. The van der Waals surface area contributed by atoms with E-state index in [1.54, 1.807) is 7.11 Å². The minimum absolute atomic E-state index is 0.0948. The SMILES string of the molecule is CCC[C@H](CNC(=O)OC)C(=O)N(C)C1CC(c2cccc(OC)c2)C1. The minimum atomic E-state index is -0.497. The van der Waals surface area contributed by atoms with Crippen molar-refractivity contribution in [3.8, 4) is 5.75 Å². The molecule has 144 valence electrons. The second-order valence-corrected chi connectivity index (χ2v) is 6.91. The third kappa shape index (κ3) is 4.90. The normalized spacial score (nSPS) is 19.8. The van der Waals surface area contributed by atoms with Crippen LogP contribution < -0.4 is 10.1 Å². The Bertz CT molecular complexity index is 614. The molecule has 1 aliphatic carbocycles. The van der Waals surface area contributed by atoms with Gasteiger partial charge in [0.05, 0.1) is 20.1 Å². The highest BCUT2D eigenvalue weighted by atomic mass is 16.5. The number of methoxy groups -OCH3 is 2. The third-order valence-electron chi connectivity index (χ3n) is 5.24. The Morgan fingerprint density at radius 1 is 1.31 bits per heavy atom. The zero-order valence-electron chi connectivity index (χ0n) is 16.2. The molecule has 0 bridgehead atoms. The van der Waals surface area contributed by atoms with Gasteiger partial charge in [0.2, 0.25) is 5.91 Å². The largest absolute Gasteiger partial charge is 0.497 e. The summed E-state index contributed by atoms with van der Waals surface area (Å²) in [6, 6.07) is 8.38. The van der Waals surface area contributed by atoms with Crippen LogP contribution >= 0.6 is 0 Å². The van der Waals surface area contributed by atoms with Crippen LogP contribution in [-0.2, 0) is 9.53 Å². The summed E-state index contributed by atoms with van der Waals surface area (Å²) in [5.41, 5.74) is 1.26. The van der Waals surface area contributed by atoms with Crippen molar-refractivity contribution in [2.24, 2.45) is 5.92 Å². The molecule has 0 heterocycles. The quantitative estimate of drug-likeness (QED) is 0.771. The van der Waals surface area contributed by atoms with Gasteiger partial charge in [0.15, 0.2) is 0 Å². The summed E-state index contributed by atoms with van der Waals surface area (Å²) in [7, 11) is 4.87. The molecule has 0 radical (unpaired) electrons. The van der Waals surface area contributed by atoms with Gasteiger partial charge in [0, 0.05) is 19.6 Å². The Labute approximate surface area is 155 Å². The molecule has 1 fully saturated rings. The lowest BCUT2D eigenvalue weighted by Gasteiger charge is -2.42. The number of benzene rings is 1. The van der Waals surface area contributed by atoms with Crippen molar-refractivity contribution in [2.45, 2.75) is 44.6 Å². The Hall–Kier alpha value is -2.24. The van der Waals surface area contributed by atoms with Crippen LogP contribution in [0.5, 0.6) is 5.75 Å². The van der Waals surface area contributed by atoms with E-state index in [0.29, 0.717) is 12.5 Å². The number of hydrogen-bond donors (Lipinski definition) is 1. The Kier molecular flexibility index (Phi) is 7.30.